The molecule has 0 amide bonds. The van der Waals surface area contributed by atoms with Gasteiger partial charge >= 0.3 is 0 Å². The topological polar surface area (TPSA) is 60.2 Å². The van der Waals surface area contributed by atoms with E-state index in [2.05, 4.69) is 15.5 Å². The summed E-state index contributed by atoms with van der Waals surface area (Å²) in [5.74, 6) is 1.86. The van der Waals surface area contributed by atoms with Gasteiger partial charge in [-0.25, -0.2) is 0 Å². The van der Waals surface area contributed by atoms with Gasteiger partial charge in [0, 0.05) is 25.9 Å². The molecule has 3 rings (SSSR count). The minimum absolute atomic E-state index is 0.0543. The van der Waals surface area contributed by atoms with Crippen LogP contribution in [0.1, 0.15) is 11.8 Å². The van der Waals surface area contributed by atoms with E-state index in [9.17, 15) is 0 Å². The van der Waals surface area contributed by atoms with E-state index in [-0.39, 0.29) is 5.41 Å². The Morgan fingerprint density at radius 3 is 3.21 bits per heavy atom. The van der Waals surface area contributed by atoms with Crippen molar-refractivity contribution in [1.82, 2.24) is 15.5 Å². The smallest absolute Gasteiger partial charge is 0.226 e. The van der Waals surface area contributed by atoms with E-state index in [1.807, 2.05) is 6.92 Å². The molecule has 0 unspecified atom stereocenters. The van der Waals surface area contributed by atoms with Crippen LogP contribution < -0.4 is 5.32 Å². The van der Waals surface area contributed by atoms with E-state index in [1.165, 1.54) is 0 Å². The standard InChI is InChI=1S/C9H13N3O2/c1-6-11-12-8(14-6)9-4-10-2-7(9)3-13-5-9/h7,10H,2-5H2,1H3/t7-,9-/m1/s1. The number of hydrogen-bond donors (Lipinski definition) is 1. The lowest BCUT2D eigenvalue weighted by Gasteiger charge is -2.20. The minimum Gasteiger partial charge on any atom is -0.425 e. The van der Waals surface area contributed by atoms with Crippen LogP contribution in [0.25, 0.3) is 0 Å². The molecule has 14 heavy (non-hydrogen) atoms. The predicted molar refractivity (Wildman–Crippen MR) is 47.9 cm³/mol. The summed E-state index contributed by atoms with van der Waals surface area (Å²) in [5, 5.41) is 11.4. The van der Waals surface area contributed by atoms with Gasteiger partial charge in [0.1, 0.15) is 0 Å². The summed E-state index contributed by atoms with van der Waals surface area (Å²) in [6.07, 6.45) is 0. The number of hydrogen-bond acceptors (Lipinski definition) is 5. The molecule has 2 saturated heterocycles. The molecule has 5 heteroatoms. The Morgan fingerprint density at radius 2 is 2.43 bits per heavy atom. The van der Waals surface area contributed by atoms with E-state index in [0.717, 1.165) is 25.6 Å². The van der Waals surface area contributed by atoms with Crippen molar-refractivity contribution in [2.75, 3.05) is 26.3 Å². The van der Waals surface area contributed by atoms with E-state index in [1.54, 1.807) is 0 Å². The van der Waals surface area contributed by atoms with Gasteiger partial charge in [-0.1, -0.05) is 0 Å². The zero-order valence-corrected chi connectivity index (χ0v) is 8.12. The molecule has 3 heterocycles. The maximum Gasteiger partial charge on any atom is 0.226 e. The Kier molecular flexibility index (Phi) is 1.66. The monoisotopic (exact) mass is 195 g/mol. The van der Waals surface area contributed by atoms with Crippen molar-refractivity contribution in [3.05, 3.63) is 11.8 Å². The Balaban J connectivity index is 2.02. The average molecular weight is 195 g/mol. The summed E-state index contributed by atoms with van der Waals surface area (Å²) in [6.45, 7) is 5.20. The number of fused-ring (bicyclic) bond motifs is 1. The van der Waals surface area contributed by atoms with E-state index in [0.29, 0.717) is 18.4 Å². The highest BCUT2D eigenvalue weighted by atomic mass is 16.5. The van der Waals surface area contributed by atoms with Gasteiger partial charge in [0.2, 0.25) is 11.8 Å². The number of ether oxygens (including phenoxy) is 1. The Bertz CT molecular complexity index is 340. The van der Waals surface area contributed by atoms with Crippen LogP contribution in [-0.2, 0) is 10.2 Å². The molecule has 1 aromatic rings. The third kappa shape index (κ3) is 0.965. The van der Waals surface area contributed by atoms with Crippen LogP contribution in [0, 0.1) is 12.8 Å². The highest BCUT2D eigenvalue weighted by Crippen LogP contribution is 2.39. The molecule has 0 spiro atoms. The molecule has 1 aromatic heterocycles. The lowest BCUT2D eigenvalue weighted by atomic mass is 9.81. The van der Waals surface area contributed by atoms with Crippen LogP contribution in [0.5, 0.6) is 0 Å². The van der Waals surface area contributed by atoms with Gasteiger partial charge < -0.3 is 14.5 Å². The predicted octanol–water partition coefficient (Wildman–Crippen LogP) is -0.135. The first-order valence-electron chi connectivity index (χ1n) is 4.90. The minimum atomic E-state index is -0.0543. The second-order valence-corrected chi connectivity index (χ2v) is 4.13. The highest BCUT2D eigenvalue weighted by molar-refractivity contribution is 5.15. The normalized spacial score (nSPS) is 36.2. The second-order valence-electron chi connectivity index (χ2n) is 4.13. The molecule has 1 N–H and O–H groups in total. The Hall–Kier alpha value is -0.940. The molecule has 2 fully saturated rings. The molecule has 76 valence electrons. The van der Waals surface area contributed by atoms with Crippen molar-refractivity contribution in [2.24, 2.45) is 5.92 Å². The molecular weight excluding hydrogens is 182 g/mol. The van der Waals surface area contributed by atoms with Crippen molar-refractivity contribution in [1.29, 1.82) is 0 Å². The molecule has 5 nitrogen and oxygen atoms in total. The van der Waals surface area contributed by atoms with Gasteiger partial charge in [-0.2, -0.15) is 0 Å². The SMILES string of the molecule is Cc1nnc([C@@]23CNC[C@@H]2COC3)o1. The molecular formula is C9H13N3O2. The maximum atomic E-state index is 5.53. The van der Waals surface area contributed by atoms with E-state index in [4.69, 9.17) is 9.15 Å². The van der Waals surface area contributed by atoms with Crippen LogP contribution in [0.4, 0.5) is 0 Å². The molecule has 2 atom stereocenters. The van der Waals surface area contributed by atoms with Crippen LogP contribution >= 0.6 is 0 Å². The lowest BCUT2D eigenvalue weighted by Crippen LogP contribution is -2.35. The number of aromatic nitrogens is 2. The Morgan fingerprint density at radius 1 is 1.50 bits per heavy atom. The first kappa shape index (κ1) is 8.38. The van der Waals surface area contributed by atoms with Crippen molar-refractivity contribution in [3.8, 4) is 0 Å². The van der Waals surface area contributed by atoms with Crippen LogP contribution in [-0.4, -0.2) is 36.5 Å². The fourth-order valence-corrected chi connectivity index (χ4v) is 2.39. The third-order valence-corrected chi connectivity index (χ3v) is 3.24. The molecule has 2 aliphatic heterocycles. The van der Waals surface area contributed by atoms with Crippen LogP contribution in [0.3, 0.4) is 0 Å². The summed E-state index contributed by atoms with van der Waals surface area (Å²) in [5.41, 5.74) is -0.0543. The van der Waals surface area contributed by atoms with Gasteiger partial charge in [-0.3, -0.25) is 0 Å². The maximum absolute atomic E-state index is 5.53. The van der Waals surface area contributed by atoms with E-state index < -0.39 is 0 Å². The summed E-state index contributed by atoms with van der Waals surface area (Å²) >= 11 is 0. The largest absolute Gasteiger partial charge is 0.425 e. The lowest BCUT2D eigenvalue weighted by molar-refractivity contribution is 0.164. The zero-order valence-electron chi connectivity index (χ0n) is 8.12. The molecule has 0 aromatic carbocycles. The van der Waals surface area contributed by atoms with E-state index >= 15 is 0 Å². The van der Waals surface area contributed by atoms with Crippen molar-refractivity contribution in [2.45, 2.75) is 12.3 Å². The van der Waals surface area contributed by atoms with Crippen molar-refractivity contribution in [3.63, 3.8) is 0 Å². The second kappa shape index (κ2) is 2.77. The summed E-state index contributed by atoms with van der Waals surface area (Å²) in [6, 6.07) is 0. The number of aryl methyl sites for hydroxylation is 1. The molecule has 0 aliphatic carbocycles. The van der Waals surface area contributed by atoms with Crippen LogP contribution in [0.15, 0.2) is 4.42 Å². The molecule has 0 radical (unpaired) electrons. The third-order valence-electron chi connectivity index (χ3n) is 3.24. The highest BCUT2D eigenvalue weighted by Gasteiger charge is 2.52. The number of nitrogens with zero attached hydrogens (tertiary/aromatic N) is 2. The summed E-state index contributed by atoms with van der Waals surface area (Å²) in [7, 11) is 0. The van der Waals surface area contributed by atoms with Crippen molar-refractivity contribution >= 4 is 0 Å². The number of rotatable bonds is 1. The number of nitrogens with one attached hydrogen (secondary N) is 1. The molecule has 0 saturated carbocycles. The van der Waals surface area contributed by atoms with Crippen LogP contribution in [0.2, 0.25) is 0 Å². The molecule has 0 bridgehead atoms. The molecule has 2 aliphatic rings. The van der Waals surface area contributed by atoms with Gasteiger partial charge in [-0.05, 0) is 0 Å². The fourth-order valence-electron chi connectivity index (χ4n) is 2.39. The van der Waals surface area contributed by atoms with Gasteiger partial charge in [0.15, 0.2) is 0 Å². The van der Waals surface area contributed by atoms with Crippen molar-refractivity contribution < 1.29 is 9.15 Å². The van der Waals surface area contributed by atoms with Gasteiger partial charge in [0.05, 0.1) is 18.6 Å². The van der Waals surface area contributed by atoms with Gasteiger partial charge in [0.25, 0.3) is 0 Å². The Labute approximate surface area is 81.8 Å². The summed E-state index contributed by atoms with van der Waals surface area (Å²) < 4.78 is 11.0. The summed E-state index contributed by atoms with van der Waals surface area (Å²) in [4.78, 5) is 0. The average Bonchev–Trinajstić information content (AvgIpc) is 2.75. The van der Waals surface area contributed by atoms with Gasteiger partial charge in [-0.15, -0.1) is 10.2 Å². The zero-order chi connectivity index (χ0) is 9.60. The first-order valence-corrected chi connectivity index (χ1v) is 4.90. The fraction of sp³-hybridized carbons (Fsp3) is 0.778. The first-order chi connectivity index (χ1) is 6.81. The quantitative estimate of drug-likeness (QED) is 0.676.